The lowest BCUT2D eigenvalue weighted by molar-refractivity contribution is 0.00578. The first-order valence-corrected chi connectivity index (χ1v) is 16.2. The number of rotatable bonds is 5. The van der Waals surface area contributed by atoms with Gasteiger partial charge in [0.15, 0.2) is 5.82 Å². The summed E-state index contributed by atoms with van der Waals surface area (Å²) in [7, 11) is -0.545. The van der Waals surface area contributed by atoms with Crippen LogP contribution < -0.4 is 5.46 Å². The minimum absolute atomic E-state index is 0.478. The normalized spacial score (nSPS) is 15.4. The van der Waals surface area contributed by atoms with Crippen LogP contribution in [0.4, 0.5) is 0 Å². The molecule has 0 N–H and O–H groups in total. The minimum atomic E-state index is -0.545. The predicted molar refractivity (Wildman–Crippen MR) is 195 cm³/mol. The highest BCUT2D eigenvalue weighted by Crippen LogP contribution is 2.39. The lowest BCUT2D eigenvalue weighted by atomic mass is 9.76. The molecule has 4 nitrogen and oxygen atoms in total. The quantitative estimate of drug-likeness (QED) is 0.144. The smallest absolute Gasteiger partial charge is 0.399 e. The van der Waals surface area contributed by atoms with Crippen molar-refractivity contribution in [2.75, 3.05) is 0 Å². The largest absolute Gasteiger partial charge is 0.494 e. The van der Waals surface area contributed by atoms with E-state index >= 15 is 0 Å². The number of aromatic nitrogens is 2. The molecule has 6 aromatic carbocycles. The fourth-order valence-corrected chi connectivity index (χ4v) is 6.43. The van der Waals surface area contributed by atoms with Crippen LogP contribution in [-0.2, 0) is 9.31 Å². The van der Waals surface area contributed by atoms with Gasteiger partial charge in [0.05, 0.1) is 22.6 Å². The van der Waals surface area contributed by atoms with E-state index in [4.69, 9.17) is 19.3 Å². The van der Waals surface area contributed by atoms with Gasteiger partial charge < -0.3 is 9.31 Å². The molecule has 0 amide bonds. The van der Waals surface area contributed by atoms with E-state index < -0.39 is 18.3 Å². The van der Waals surface area contributed by atoms with E-state index in [1.165, 1.54) is 21.5 Å². The van der Waals surface area contributed by atoms with Gasteiger partial charge in [-0.25, -0.2) is 9.97 Å². The van der Waals surface area contributed by atoms with Gasteiger partial charge in [-0.05, 0) is 84.0 Å². The molecule has 7 aromatic rings. The second kappa shape index (κ2) is 11.3. The second-order valence-corrected chi connectivity index (χ2v) is 13.3. The molecule has 1 aromatic heterocycles. The van der Waals surface area contributed by atoms with Gasteiger partial charge in [0.25, 0.3) is 0 Å². The lowest BCUT2D eigenvalue weighted by Gasteiger charge is -2.32. The maximum atomic E-state index is 6.61. The SMILES string of the molecule is CC1(C)OB(c2cc(-c3nc(-c4ccccc4)cc(-c4ccccc4)n3)cc(-c3cc4ccccc4c4ccccc34)c2)OC1(C)C. The molecular formula is C42H35BN2O2. The van der Waals surface area contributed by atoms with Gasteiger partial charge in [-0.15, -0.1) is 0 Å². The van der Waals surface area contributed by atoms with Crippen LogP contribution in [0.25, 0.3) is 66.6 Å². The first-order chi connectivity index (χ1) is 22.8. The molecule has 0 radical (unpaired) electrons. The van der Waals surface area contributed by atoms with Crippen molar-refractivity contribution < 1.29 is 9.31 Å². The highest BCUT2D eigenvalue weighted by Gasteiger charge is 2.51. The molecule has 0 bridgehead atoms. The van der Waals surface area contributed by atoms with Gasteiger partial charge >= 0.3 is 7.12 Å². The summed E-state index contributed by atoms with van der Waals surface area (Å²) in [6.45, 7) is 8.36. The van der Waals surface area contributed by atoms with Gasteiger partial charge in [-0.3, -0.25) is 0 Å². The summed E-state index contributed by atoms with van der Waals surface area (Å²) in [5, 5.41) is 4.84. The number of benzene rings is 6. The molecule has 2 heterocycles. The van der Waals surface area contributed by atoms with Gasteiger partial charge in [0.2, 0.25) is 0 Å². The molecule has 8 rings (SSSR count). The summed E-state index contributed by atoms with van der Waals surface area (Å²) < 4.78 is 13.2. The zero-order valence-corrected chi connectivity index (χ0v) is 27.1. The summed E-state index contributed by atoms with van der Waals surface area (Å²) in [6, 6.07) is 48.7. The summed E-state index contributed by atoms with van der Waals surface area (Å²) >= 11 is 0. The summed E-state index contributed by atoms with van der Waals surface area (Å²) in [5.74, 6) is 0.648. The Labute approximate surface area is 276 Å². The number of hydrogen-bond acceptors (Lipinski definition) is 4. The van der Waals surface area contributed by atoms with Crippen LogP contribution in [0.3, 0.4) is 0 Å². The molecule has 0 spiro atoms. The van der Waals surface area contributed by atoms with Gasteiger partial charge in [-0.1, -0.05) is 121 Å². The Kier molecular flexibility index (Phi) is 7.05. The molecule has 1 saturated heterocycles. The van der Waals surface area contributed by atoms with Gasteiger partial charge in [0.1, 0.15) is 0 Å². The Hall–Kier alpha value is -5.10. The Morgan fingerprint density at radius 2 is 0.979 bits per heavy atom. The summed E-state index contributed by atoms with van der Waals surface area (Å²) in [6.07, 6.45) is 0. The number of fused-ring (bicyclic) bond motifs is 3. The van der Waals surface area contributed by atoms with Crippen LogP contribution in [0.5, 0.6) is 0 Å². The zero-order valence-electron chi connectivity index (χ0n) is 27.1. The van der Waals surface area contributed by atoms with Crippen molar-refractivity contribution in [1.29, 1.82) is 0 Å². The van der Waals surface area contributed by atoms with Crippen LogP contribution in [0.1, 0.15) is 27.7 Å². The van der Waals surface area contributed by atoms with Crippen LogP contribution in [0, 0.1) is 0 Å². The average molecular weight is 611 g/mol. The first kappa shape index (κ1) is 29.3. The molecule has 1 aliphatic rings. The van der Waals surface area contributed by atoms with Gasteiger partial charge in [-0.2, -0.15) is 0 Å². The second-order valence-electron chi connectivity index (χ2n) is 13.3. The van der Waals surface area contributed by atoms with Crippen molar-refractivity contribution in [3.63, 3.8) is 0 Å². The monoisotopic (exact) mass is 610 g/mol. The van der Waals surface area contributed by atoms with E-state index in [2.05, 4.69) is 131 Å². The molecule has 0 aliphatic carbocycles. The molecule has 0 atom stereocenters. The van der Waals surface area contributed by atoms with E-state index in [0.29, 0.717) is 5.82 Å². The van der Waals surface area contributed by atoms with E-state index in [-0.39, 0.29) is 0 Å². The molecule has 47 heavy (non-hydrogen) atoms. The summed E-state index contributed by atoms with van der Waals surface area (Å²) in [5.41, 5.74) is 6.89. The molecule has 1 aliphatic heterocycles. The van der Waals surface area contributed by atoms with Crippen molar-refractivity contribution in [2.45, 2.75) is 38.9 Å². The Morgan fingerprint density at radius 3 is 1.60 bits per heavy atom. The minimum Gasteiger partial charge on any atom is -0.399 e. The predicted octanol–water partition coefficient (Wildman–Crippen LogP) is 9.75. The van der Waals surface area contributed by atoms with Crippen molar-refractivity contribution in [3.8, 4) is 45.0 Å². The van der Waals surface area contributed by atoms with Crippen molar-refractivity contribution in [1.82, 2.24) is 9.97 Å². The molecular weight excluding hydrogens is 575 g/mol. The Morgan fingerprint density at radius 1 is 0.468 bits per heavy atom. The topological polar surface area (TPSA) is 44.2 Å². The standard InChI is InChI=1S/C42H35BN2O2/c1-41(2)42(3,4)47-43(46-41)33-24-31(37-26-30-19-11-12-20-34(30)35-21-13-14-22-36(35)37)23-32(25-33)40-44-38(28-15-7-5-8-16-28)27-39(45-40)29-17-9-6-10-18-29/h5-27H,1-4H3. The molecule has 228 valence electrons. The fraction of sp³-hybridized carbons (Fsp3) is 0.143. The molecule has 5 heteroatoms. The number of nitrogens with zero attached hydrogens (tertiary/aromatic N) is 2. The Bertz CT molecular complexity index is 2190. The van der Waals surface area contributed by atoms with Gasteiger partial charge in [0, 0.05) is 16.7 Å². The third-order valence-electron chi connectivity index (χ3n) is 9.68. The van der Waals surface area contributed by atoms with Crippen molar-refractivity contribution >= 4 is 34.1 Å². The maximum absolute atomic E-state index is 6.61. The fourth-order valence-electron chi connectivity index (χ4n) is 6.43. The van der Waals surface area contributed by atoms with Crippen molar-refractivity contribution in [2.24, 2.45) is 0 Å². The first-order valence-electron chi connectivity index (χ1n) is 16.2. The average Bonchev–Trinajstić information content (AvgIpc) is 3.34. The van der Waals surface area contributed by atoms with Crippen molar-refractivity contribution in [3.05, 3.63) is 140 Å². The molecule has 0 saturated carbocycles. The lowest BCUT2D eigenvalue weighted by Crippen LogP contribution is -2.41. The number of hydrogen-bond donors (Lipinski definition) is 0. The third kappa shape index (κ3) is 5.32. The van der Waals surface area contributed by atoms with Crippen LogP contribution in [0.15, 0.2) is 140 Å². The zero-order chi connectivity index (χ0) is 32.2. The highest BCUT2D eigenvalue weighted by molar-refractivity contribution is 6.62. The van der Waals surface area contributed by atoms with E-state index in [0.717, 1.165) is 44.7 Å². The van der Waals surface area contributed by atoms with Crippen LogP contribution in [0.2, 0.25) is 0 Å². The Balaban J connectivity index is 1.39. The van der Waals surface area contributed by atoms with Crippen LogP contribution in [-0.4, -0.2) is 28.3 Å². The molecule has 0 unspecified atom stereocenters. The molecule has 1 fully saturated rings. The van der Waals surface area contributed by atoms with E-state index in [9.17, 15) is 0 Å². The third-order valence-corrected chi connectivity index (χ3v) is 9.68. The maximum Gasteiger partial charge on any atom is 0.494 e. The highest BCUT2D eigenvalue weighted by atomic mass is 16.7. The van der Waals surface area contributed by atoms with E-state index in [1.54, 1.807) is 0 Å². The van der Waals surface area contributed by atoms with E-state index in [1.807, 2.05) is 36.4 Å². The van der Waals surface area contributed by atoms with Crippen LogP contribution >= 0.6 is 0 Å². The summed E-state index contributed by atoms with van der Waals surface area (Å²) in [4.78, 5) is 10.4.